The lowest BCUT2D eigenvalue weighted by molar-refractivity contribution is -0.141. The molecule has 0 radical (unpaired) electrons. The highest BCUT2D eigenvalue weighted by Crippen LogP contribution is 2.22. The molecule has 1 heterocycles. The Balaban J connectivity index is 1.74. The van der Waals surface area contributed by atoms with E-state index < -0.39 is 24.1 Å². The zero-order valence-corrected chi connectivity index (χ0v) is 12.5. The van der Waals surface area contributed by atoms with Crippen LogP contribution in [0.2, 0.25) is 0 Å². The number of carbonyl (C=O) groups excluding carboxylic acids is 1. The van der Waals surface area contributed by atoms with Crippen LogP contribution in [0.4, 0.5) is 4.79 Å². The standard InChI is InChI=1S/C14H25N3O4/c1-16(10-4-2-3-5-10)7-6-15-14(21)17-9-11(18)8-12(17)13(19)20/h10-12,18H,2-9H2,1H3,(H,15,21)(H,19,20)/t11-,12-/m1/s1. The molecule has 0 unspecified atom stereocenters. The van der Waals surface area contributed by atoms with E-state index in [0.717, 1.165) is 6.54 Å². The van der Waals surface area contributed by atoms with Gasteiger partial charge in [0, 0.05) is 32.1 Å². The van der Waals surface area contributed by atoms with Crippen LogP contribution < -0.4 is 5.32 Å². The summed E-state index contributed by atoms with van der Waals surface area (Å²) in [6, 6.07) is -0.728. The molecule has 2 amide bonds. The van der Waals surface area contributed by atoms with Crippen molar-refractivity contribution in [3.63, 3.8) is 0 Å². The van der Waals surface area contributed by atoms with Gasteiger partial charge in [-0.2, -0.15) is 0 Å². The van der Waals surface area contributed by atoms with Crippen molar-refractivity contribution >= 4 is 12.0 Å². The van der Waals surface area contributed by atoms with Gasteiger partial charge in [-0.1, -0.05) is 12.8 Å². The smallest absolute Gasteiger partial charge is 0.326 e. The lowest BCUT2D eigenvalue weighted by Crippen LogP contribution is -2.48. The predicted octanol–water partition coefficient (Wildman–Crippen LogP) is 0.0902. The van der Waals surface area contributed by atoms with Crippen LogP contribution >= 0.6 is 0 Å². The van der Waals surface area contributed by atoms with E-state index in [1.165, 1.54) is 30.6 Å². The second kappa shape index (κ2) is 7.09. The van der Waals surface area contributed by atoms with Crippen molar-refractivity contribution in [1.82, 2.24) is 15.1 Å². The molecule has 3 N–H and O–H groups in total. The molecule has 2 rings (SSSR count). The largest absolute Gasteiger partial charge is 0.480 e. The summed E-state index contributed by atoms with van der Waals surface area (Å²) in [5.41, 5.74) is 0. The lowest BCUT2D eigenvalue weighted by atomic mass is 10.2. The van der Waals surface area contributed by atoms with Gasteiger partial charge < -0.3 is 25.3 Å². The van der Waals surface area contributed by atoms with Crippen molar-refractivity contribution in [2.75, 3.05) is 26.7 Å². The number of nitrogens with one attached hydrogen (secondary N) is 1. The third-order valence-corrected chi connectivity index (χ3v) is 4.51. The summed E-state index contributed by atoms with van der Waals surface area (Å²) in [5.74, 6) is -1.07. The van der Waals surface area contributed by atoms with E-state index in [-0.39, 0.29) is 13.0 Å². The Morgan fingerprint density at radius 2 is 2.00 bits per heavy atom. The van der Waals surface area contributed by atoms with E-state index in [1.54, 1.807) is 0 Å². The molecule has 2 aliphatic rings. The average Bonchev–Trinajstić information content (AvgIpc) is 3.07. The zero-order valence-electron chi connectivity index (χ0n) is 12.5. The Hall–Kier alpha value is -1.34. The van der Waals surface area contributed by atoms with Crippen molar-refractivity contribution < 1.29 is 19.8 Å². The summed E-state index contributed by atoms with van der Waals surface area (Å²) in [7, 11) is 2.06. The molecule has 2 atom stereocenters. The molecule has 7 nitrogen and oxygen atoms in total. The number of aliphatic hydroxyl groups is 1. The molecular weight excluding hydrogens is 274 g/mol. The Kier molecular flexibility index (Phi) is 5.41. The summed E-state index contributed by atoms with van der Waals surface area (Å²) in [4.78, 5) is 26.6. The van der Waals surface area contributed by atoms with E-state index in [2.05, 4.69) is 17.3 Å². The minimum atomic E-state index is -1.07. The monoisotopic (exact) mass is 299 g/mol. The topological polar surface area (TPSA) is 93.1 Å². The molecular formula is C14H25N3O4. The number of β-amino-alcohol motifs (C(OH)–C–C–N with tert-alkyl or cyclic N) is 1. The Morgan fingerprint density at radius 1 is 1.33 bits per heavy atom. The number of amides is 2. The van der Waals surface area contributed by atoms with Gasteiger partial charge in [-0.25, -0.2) is 9.59 Å². The second-order valence-corrected chi connectivity index (χ2v) is 6.05. The van der Waals surface area contributed by atoms with E-state index in [0.29, 0.717) is 12.6 Å². The van der Waals surface area contributed by atoms with E-state index in [4.69, 9.17) is 5.11 Å². The molecule has 1 saturated heterocycles. The van der Waals surface area contributed by atoms with Gasteiger partial charge in [0.1, 0.15) is 6.04 Å². The number of likely N-dealkylation sites (tertiary alicyclic amines) is 1. The second-order valence-electron chi connectivity index (χ2n) is 6.05. The number of carboxylic acids is 1. The van der Waals surface area contributed by atoms with Crippen LogP contribution in [0.15, 0.2) is 0 Å². The summed E-state index contributed by atoms with van der Waals surface area (Å²) in [6.07, 6.45) is 4.32. The molecule has 0 aromatic heterocycles. The van der Waals surface area contributed by atoms with Gasteiger partial charge in [-0.3, -0.25) is 0 Å². The normalized spacial score (nSPS) is 26.5. The molecule has 1 aliphatic carbocycles. The molecule has 120 valence electrons. The minimum Gasteiger partial charge on any atom is -0.480 e. The number of likely N-dealkylation sites (N-methyl/N-ethyl adjacent to an activating group) is 1. The summed E-state index contributed by atoms with van der Waals surface area (Å²) in [5, 5.41) is 21.4. The van der Waals surface area contributed by atoms with E-state index >= 15 is 0 Å². The van der Waals surface area contributed by atoms with E-state index in [9.17, 15) is 14.7 Å². The average molecular weight is 299 g/mol. The first-order chi connectivity index (χ1) is 9.99. The first-order valence-electron chi connectivity index (χ1n) is 7.64. The number of hydrogen-bond acceptors (Lipinski definition) is 4. The molecule has 1 aliphatic heterocycles. The molecule has 0 aromatic rings. The number of urea groups is 1. The number of nitrogens with zero attached hydrogens (tertiary/aromatic N) is 2. The third kappa shape index (κ3) is 4.07. The fourth-order valence-electron chi connectivity index (χ4n) is 3.24. The maximum atomic E-state index is 12.0. The number of aliphatic hydroxyl groups excluding tert-OH is 1. The van der Waals surface area contributed by atoms with E-state index in [1.807, 2.05) is 0 Å². The van der Waals surface area contributed by atoms with Gasteiger partial charge in [-0.15, -0.1) is 0 Å². The van der Waals surface area contributed by atoms with Crippen LogP contribution in [0.3, 0.4) is 0 Å². The number of carboxylic acid groups (broad SMARTS) is 1. The number of carbonyl (C=O) groups is 2. The third-order valence-electron chi connectivity index (χ3n) is 4.51. The maximum Gasteiger partial charge on any atom is 0.326 e. The van der Waals surface area contributed by atoms with Crippen molar-refractivity contribution in [2.24, 2.45) is 0 Å². The highest BCUT2D eigenvalue weighted by molar-refractivity contribution is 5.83. The SMILES string of the molecule is CN(CCNC(=O)N1C[C@H](O)C[C@@H]1C(=O)O)C1CCCC1. The van der Waals surface area contributed by atoms with Gasteiger partial charge in [0.2, 0.25) is 0 Å². The number of aliphatic carboxylic acids is 1. The van der Waals surface area contributed by atoms with Crippen molar-refractivity contribution in [1.29, 1.82) is 0 Å². The molecule has 21 heavy (non-hydrogen) atoms. The lowest BCUT2D eigenvalue weighted by Gasteiger charge is -2.25. The number of hydrogen-bond donors (Lipinski definition) is 3. The first-order valence-corrected chi connectivity index (χ1v) is 7.64. The van der Waals surface area contributed by atoms with Gasteiger partial charge in [-0.05, 0) is 19.9 Å². The van der Waals surface area contributed by atoms with Gasteiger partial charge in [0.15, 0.2) is 0 Å². The quantitative estimate of drug-likeness (QED) is 0.669. The van der Waals surface area contributed by atoms with Crippen molar-refractivity contribution in [3.8, 4) is 0 Å². The first kappa shape index (κ1) is 16.0. The molecule has 0 aromatic carbocycles. The number of rotatable bonds is 5. The highest BCUT2D eigenvalue weighted by atomic mass is 16.4. The minimum absolute atomic E-state index is 0.0846. The fraction of sp³-hybridized carbons (Fsp3) is 0.857. The van der Waals surface area contributed by atoms with Crippen LogP contribution in [0, 0.1) is 0 Å². The Bertz CT molecular complexity index is 384. The van der Waals surface area contributed by atoms with Crippen LogP contribution in [0.1, 0.15) is 32.1 Å². The summed E-state index contributed by atoms with van der Waals surface area (Å²) >= 11 is 0. The highest BCUT2D eigenvalue weighted by Gasteiger charge is 2.38. The Morgan fingerprint density at radius 3 is 2.62 bits per heavy atom. The fourth-order valence-corrected chi connectivity index (χ4v) is 3.24. The summed E-state index contributed by atoms with van der Waals surface area (Å²) < 4.78 is 0. The molecule has 0 bridgehead atoms. The van der Waals surface area contributed by atoms with Gasteiger partial charge >= 0.3 is 12.0 Å². The van der Waals surface area contributed by atoms with Crippen LogP contribution in [-0.2, 0) is 4.79 Å². The zero-order chi connectivity index (χ0) is 15.4. The van der Waals surface area contributed by atoms with Crippen LogP contribution in [0.5, 0.6) is 0 Å². The van der Waals surface area contributed by atoms with Crippen molar-refractivity contribution in [3.05, 3.63) is 0 Å². The molecule has 7 heteroatoms. The van der Waals surface area contributed by atoms with Crippen molar-refractivity contribution in [2.45, 2.75) is 50.3 Å². The molecule has 0 spiro atoms. The van der Waals surface area contributed by atoms with Crippen LogP contribution in [-0.4, -0.2) is 76.9 Å². The molecule has 1 saturated carbocycles. The van der Waals surface area contributed by atoms with Crippen LogP contribution in [0.25, 0.3) is 0 Å². The summed E-state index contributed by atoms with van der Waals surface area (Å²) in [6.45, 7) is 1.33. The van der Waals surface area contributed by atoms with Gasteiger partial charge in [0.05, 0.1) is 6.10 Å². The Labute approximate surface area is 124 Å². The predicted molar refractivity (Wildman–Crippen MR) is 77.0 cm³/mol. The molecule has 2 fully saturated rings. The maximum absolute atomic E-state index is 12.0. The van der Waals surface area contributed by atoms with Gasteiger partial charge in [0.25, 0.3) is 0 Å².